The van der Waals surface area contributed by atoms with Crippen molar-refractivity contribution in [2.75, 3.05) is 0 Å². The average molecular weight is 134 g/mol. The molecule has 0 aromatic carbocycles. The molecule has 10 heavy (non-hydrogen) atoms. The van der Waals surface area contributed by atoms with Crippen molar-refractivity contribution in [3.05, 3.63) is 31.4 Å². The van der Waals surface area contributed by atoms with Gasteiger partial charge in [-0.1, -0.05) is 13.2 Å². The lowest BCUT2D eigenvalue weighted by Gasteiger charge is -1.98. The van der Waals surface area contributed by atoms with Gasteiger partial charge in [-0.25, -0.2) is 4.98 Å². The summed E-state index contributed by atoms with van der Waals surface area (Å²) in [7, 11) is 0. The van der Waals surface area contributed by atoms with Gasteiger partial charge in [0, 0.05) is 18.6 Å². The van der Waals surface area contributed by atoms with Crippen LogP contribution in [-0.2, 0) is 0 Å². The second kappa shape index (κ2) is 2.52. The smallest absolute Gasteiger partial charge is 0.138 e. The average Bonchev–Trinajstić information content (AvgIpc) is 2.33. The minimum absolute atomic E-state index is 0.870. The van der Waals surface area contributed by atoms with E-state index in [1.165, 1.54) is 0 Å². The zero-order chi connectivity index (χ0) is 7.56. The van der Waals surface area contributed by atoms with E-state index in [4.69, 9.17) is 0 Å². The van der Waals surface area contributed by atoms with Crippen LogP contribution in [0.4, 0.5) is 0 Å². The molecule has 2 nitrogen and oxygen atoms in total. The van der Waals surface area contributed by atoms with Crippen molar-refractivity contribution in [3.63, 3.8) is 0 Å². The van der Waals surface area contributed by atoms with E-state index >= 15 is 0 Å². The van der Waals surface area contributed by atoms with Crippen molar-refractivity contribution in [2.24, 2.45) is 0 Å². The minimum Gasteiger partial charge on any atom is -0.308 e. The van der Waals surface area contributed by atoms with Crippen molar-refractivity contribution in [1.29, 1.82) is 0 Å². The summed E-state index contributed by atoms with van der Waals surface area (Å²) in [6.07, 6.45) is 5.28. The van der Waals surface area contributed by atoms with Crippen LogP contribution in [0.25, 0.3) is 11.8 Å². The Bertz CT molecular complexity index is 258. The maximum Gasteiger partial charge on any atom is 0.138 e. The van der Waals surface area contributed by atoms with Crippen LogP contribution in [0.15, 0.2) is 25.6 Å². The quantitative estimate of drug-likeness (QED) is 0.605. The lowest BCUT2D eigenvalue weighted by molar-refractivity contribution is 1.09. The first-order valence-electron chi connectivity index (χ1n) is 3.07. The summed E-state index contributed by atoms with van der Waals surface area (Å²) in [6.45, 7) is 9.32. The molecule has 0 fully saturated rings. The van der Waals surface area contributed by atoms with Gasteiger partial charge >= 0.3 is 0 Å². The number of hydrogen-bond acceptors (Lipinski definition) is 1. The van der Waals surface area contributed by atoms with Gasteiger partial charge in [0.15, 0.2) is 0 Å². The molecule has 0 atom stereocenters. The SMILES string of the molecule is C=Cn1ccnc1C(=C)C. The highest BCUT2D eigenvalue weighted by Gasteiger charge is 1.97. The summed E-state index contributed by atoms with van der Waals surface area (Å²) in [5.74, 6) is 0.870. The number of imidazole rings is 1. The third-order valence-corrected chi connectivity index (χ3v) is 1.25. The first-order valence-corrected chi connectivity index (χ1v) is 3.07. The second-order valence-electron chi connectivity index (χ2n) is 2.12. The van der Waals surface area contributed by atoms with Crippen molar-refractivity contribution in [3.8, 4) is 0 Å². The zero-order valence-corrected chi connectivity index (χ0v) is 6.04. The van der Waals surface area contributed by atoms with E-state index in [0.29, 0.717) is 0 Å². The number of hydrogen-bond donors (Lipinski definition) is 0. The normalized spacial score (nSPS) is 9.30. The molecule has 2 heteroatoms. The van der Waals surface area contributed by atoms with Gasteiger partial charge in [-0.05, 0) is 12.5 Å². The molecule has 0 aliphatic heterocycles. The summed E-state index contributed by atoms with van der Waals surface area (Å²) in [5, 5.41) is 0. The van der Waals surface area contributed by atoms with Crippen molar-refractivity contribution in [1.82, 2.24) is 9.55 Å². The topological polar surface area (TPSA) is 17.8 Å². The van der Waals surface area contributed by atoms with Gasteiger partial charge in [0.2, 0.25) is 0 Å². The summed E-state index contributed by atoms with van der Waals surface area (Å²) < 4.78 is 1.84. The fraction of sp³-hybridized carbons (Fsp3) is 0.125. The highest BCUT2D eigenvalue weighted by atomic mass is 15.0. The number of rotatable bonds is 2. The van der Waals surface area contributed by atoms with E-state index in [2.05, 4.69) is 18.1 Å². The molecular formula is C8H10N2. The highest BCUT2D eigenvalue weighted by molar-refractivity contribution is 5.56. The molecular weight excluding hydrogens is 124 g/mol. The van der Waals surface area contributed by atoms with E-state index in [0.717, 1.165) is 11.4 Å². The largest absolute Gasteiger partial charge is 0.308 e. The molecule has 1 heterocycles. The van der Waals surface area contributed by atoms with Crippen LogP contribution in [0.5, 0.6) is 0 Å². The minimum atomic E-state index is 0.870. The summed E-state index contributed by atoms with van der Waals surface area (Å²) >= 11 is 0. The van der Waals surface area contributed by atoms with E-state index < -0.39 is 0 Å². The van der Waals surface area contributed by atoms with Crippen LogP contribution in [0.1, 0.15) is 12.7 Å². The monoisotopic (exact) mass is 134 g/mol. The number of aromatic nitrogens is 2. The third kappa shape index (κ3) is 1.00. The maximum atomic E-state index is 4.08. The highest BCUT2D eigenvalue weighted by Crippen LogP contribution is 2.07. The summed E-state index contributed by atoms with van der Waals surface area (Å²) in [6, 6.07) is 0. The zero-order valence-electron chi connectivity index (χ0n) is 6.04. The van der Waals surface area contributed by atoms with Gasteiger partial charge < -0.3 is 4.57 Å². The van der Waals surface area contributed by atoms with Gasteiger partial charge in [-0.15, -0.1) is 0 Å². The first-order chi connectivity index (χ1) is 4.75. The second-order valence-corrected chi connectivity index (χ2v) is 2.12. The Hall–Kier alpha value is -1.31. The van der Waals surface area contributed by atoms with E-state index in [1.807, 2.05) is 17.7 Å². The van der Waals surface area contributed by atoms with Crippen LogP contribution in [-0.4, -0.2) is 9.55 Å². The Labute approximate surface area is 60.5 Å². The lowest BCUT2D eigenvalue weighted by Crippen LogP contribution is -1.90. The van der Waals surface area contributed by atoms with E-state index in [1.54, 1.807) is 12.4 Å². The number of allylic oxidation sites excluding steroid dienone is 1. The third-order valence-electron chi connectivity index (χ3n) is 1.25. The van der Waals surface area contributed by atoms with Crippen LogP contribution >= 0.6 is 0 Å². The first kappa shape index (κ1) is 6.81. The lowest BCUT2D eigenvalue weighted by atomic mass is 10.3. The Morgan fingerprint density at radius 2 is 2.50 bits per heavy atom. The Balaban J connectivity index is 3.13. The molecule has 0 spiro atoms. The Morgan fingerprint density at radius 3 is 2.90 bits per heavy atom. The van der Waals surface area contributed by atoms with Crippen LogP contribution in [0.3, 0.4) is 0 Å². The predicted octanol–water partition coefficient (Wildman–Crippen LogP) is 2.02. The van der Waals surface area contributed by atoms with Crippen molar-refractivity contribution in [2.45, 2.75) is 6.92 Å². The molecule has 1 rings (SSSR count). The predicted molar refractivity (Wildman–Crippen MR) is 43.3 cm³/mol. The number of nitrogens with zero attached hydrogens (tertiary/aromatic N) is 2. The standard InChI is InChI=1S/C8H10N2/c1-4-10-6-5-9-8(10)7(2)3/h4-6H,1-2H2,3H3. The molecule has 0 saturated carbocycles. The molecule has 0 aliphatic rings. The summed E-state index contributed by atoms with van der Waals surface area (Å²) in [4.78, 5) is 4.08. The molecule has 0 aliphatic carbocycles. The molecule has 1 aromatic rings. The van der Waals surface area contributed by atoms with E-state index in [9.17, 15) is 0 Å². The van der Waals surface area contributed by atoms with Crippen LogP contribution < -0.4 is 0 Å². The van der Waals surface area contributed by atoms with Gasteiger partial charge in [0.1, 0.15) is 5.82 Å². The van der Waals surface area contributed by atoms with Gasteiger partial charge in [0.25, 0.3) is 0 Å². The van der Waals surface area contributed by atoms with Gasteiger partial charge in [-0.2, -0.15) is 0 Å². The van der Waals surface area contributed by atoms with Crippen LogP contribution in [0, 0.1) is 0 Å². The fourth-order valence-electron chi connectivity index (χ4n) is 0.791. The molecule has 52 valence electrons. The molecule has 0 amide bonds. The van der Waals surface area contributed by atoms with Crippen molar-refractivity contribution < 1.29 is 0 Å². The molecule has 0 bridgehead atoms. The molecule has 1 aromatic heterocycles. The Morgan fingerprint density at radius 1 is 1.80 bits per heavy atom. The molecule has 0 N–H and O–H groups in total. The van der Waals surface area contributed by atoms with Gasteiger partial charge in [-0.3, -0.25) is 0 Å². The molecule has 0 radical (unpaired) electrons. The molecule has 0 saturated heterocycles. The van der Waals surface area contributed by atoms with Crippen LogP contribution in [0.2, 0.25) is 0 Å². The fourth-order valence-corrected chi connectivity index (χ4v) is 0.791. The van der Waals surface area contributed by atoms with Gasteiger partial charge in [0.05, 0.1) is 0 Å². The van der Waals surface area contributed by atoms with E-state index in [-0.39, 0.29) is 0 Å². The Kier molecular flexibility index (Phi) is 1.71. The van der Waals surface area contributed by atoms with Crippen molar-refractivity contribution >= 4 is 11.8 Å². The maximum absolute atomic E-state index is 4.08. The summed E-state index contributed by atoms with van der Waals surface area (Å²) in [5.41, 5.74) is 0.949. The molecule has 0 unspecified atom stereocenters.